The quantitative estimate of drug-likeness (QED) is 0.730. The fourth-order valence-electron chi connectivity index (χ4n) is 2.86. The van der Waals surface area contributed by atoms with Crippen molar-refractivity contribution in [1.82, 2.24) is 10.6 Å². The lowest BCUT2D eigenvalue weighted by Gasteiger charge is -2.12. The van der Waals surface area contributed by atoms with Crippen LogP contribution in [-0.2, 0) is 14.3 Å². The second-order valence-electron chi connectivity index (χ2n) is 5.54. The van der Waals surface area contributed by atoms with E-state index in [1.165, 1.54) is 25.7 Å². The molecule has 5 heteroatoms. The minimum atomic E-state index is -0.540. The van der Waals surface area contributed by atoms with Gasteiger partial charge in [-0.2, -0.15) is 0 Å². The van der Waals surface area contributed by atoms with E-state index in [9.17, 15) is 9.59 Å². The van der Waals surface area contributed by atoms with Crippen LogP contribution in [0.3, 0.4) is 0 Å². The van der Waals surface area contributed by atoms with Crippen LogP contribution >= 0.6 is 0 Å². The number of rotatable bonds is 5. The van der Waals surface area contributed by atoms with Gasteiger partial charge in [0.25, 0.3) is 0 Å². The number of ether oxygens (including phenoxy) is 1. The molecular formula is C14H24N2O3. The Labute approximate surface area is 114 Å². The predicted octanol–water partition coefficient (Wildman–Crippen LogP) is 0.978. The molecule has 2 amide bonds. The molecule has 2 rings (SSSR count). The van der Waals surface area contributed by atoms with Crippen LogP contribution in [0.4, 0.5) is 0 Å². The van der Waals surface area contributed by atoms with Gasteiger partial charge in [0.1, 0.15) is 0 Å². The number of hydrogen-bond donors (Lipinski definition) is 2. The van der Waals surface area contributed by atoms with Crippen LogP contribution in [-0.4, -0.2) is 37.6 Å². The topological polar surface area (TPSA) is 67.4 Å². The van der Waals surface area contributed by atoms with Gasteiger partial charge < -0.3 is 15.4 Å². The minimum absolute atomic E-state index is 0.0789. The third-order valence-corrected chi connectivity index (χ3v) is 4.03. The monoisotopic (exact) mass is 268 g/mol. The SMILES string of the molecule is O=C(NCCC1CCCC1)C(=O)NC[C@@H]1CCCO1. The van der Waals surface area contributed by atoms with E-state index in [4.69, 9.17) is 4.74 Å². The van der Waals surface area contributed by atoms with Crippen molar-refractivity contribution >= 4 is 11.8 Å². The molecule has 0 bridgehead atoms. The predicted molar refractivity (Wildman–Crippen MR) is 71.6 cm³/mol. The molecule has 1 heterocycles. The summed E-state index contributed by atoms with van der Waals surface area (Å²) in [7, 11) is 0. The van der Waals surface area contributed by atoms with Gasteiger partial charge in [-0.1, -0.05) is 25.7 Å². The first-order valence-corrected chi connectivity index (χ1v) is 7.43. The van der Waals surface area contributed by atoms with Crippen LogP contribution in [0.15, 0.2) is 0 Å². The lowest BCUT2D eigenvalue weighted by atomic mass is 10.0. The van der Waals surface area contributed by atoms with Crippen molar-refractivity contribution in [3.8, 4) is 0 Å². The summed E-state index contributed by atoms with van der Waals surface area (Å²) in [5.74, 6) is -0.326. The van der Waals surface area contributed by atoms with Gasteiger partial charge in [-0.3, -0.25) is 9.59 Å². The van der Waals surface area contributed by atoms with Crippen molar-refractivity contribution in [2.45, 2.75) is 51.0 Å². The van der Waals surface area contributed by atoms with Crippen LogP contribution in [0.5, 0.6) is 0 Å². The van der Waals surface area contributed by atoms with Crippen LogP contribution in [0.2, 0.25) is 0 Å². The third kappa shape index (κ3) is 4.82. The summed E-state index contributed by atoms with van der Waals surface area (Å²) >= 11 is 0. The molecule has 0 aromatic carbocycles. The number of nitrogens with one attached hydrogen (secondary N) is 2. The van der Waals surface area contributed by atoms with Crippen LogP contribution in [0, 0.1) is 5.92 Å². The molecule has 0 spiro atoms. The highest BCUT2D eigenvalue weighted by molar-refractivity contribution is 6.35. The summed E-state index contributed by atoms with van der Waals surface area (Å²) < 4.78 is 5.39. The number of hydrogen-bond acceptors (Lipinski definition) is 3. The maximum Gasteiger partial charge on any atom is 0.309 e. The van der Waals surface area contributed by atoms with Gasteiger partial charge in [0.2, 0.25) is 0 Å². The summed E-state index contributed by atoms with van der Waals surface area (Å²) in [5, 5.41) is 5.32. The molecule has 1 aliphatic heterocycles. The fraction of sp³-hybridized carbons (Fsp3) is 0.857. The summed E-state index contributed by atoms with van der Waals surface area (Å²) in [6.07, 6.45) is 8.21. The highest BCUT2D eigenvalue weighted by Gasteiger charge is 2.20. The molecule has 1 saturated carbocycles. The van der Waals surface area contributed by atoms with E-state index in [1.54, 1.807) is 0 Å². The van der Waals surface area contributed by atoms with Gasteiger partial charge in [0.05, 0.1) is 6.10 Å². The standard InChI is InChI=1S/C14H24N2O3/c17-13(15-8-7-11-4-1-2-5-11)14(18)16-10-12-6-3-9-19-12/h11-12H,1-10H2,(H,15,17)(H,16,18)/t12-/m0/s1. The maximum atomic E-state index is 11.6. The van der Waals surface area contributed by atoms with Crippen molar-refractivity contribution in [2.24, 2.45) is 5.92 Å². The number of amides is 2. The molecular weight excluding hydrogens is 244 g/mol. The summed E-state index contributed by atoms with van der Waals surface area (Å²) in [4.78, 5) is 23.1. The van der Waals surface area contributed by atoms with Crippen molar-refractivity contribution in [1.29, 1.82) is 0 Å². The van der Waals surface area contributed by atoms with Gasteiger partial charge in [0, 0.05) is 19.7 Å². The van der Waals surface area contributed by atoms with E-state index in [0.29, 0.717) is 13.1 Å². The summed E-state index contributed by atoms with van der Waals surface area (Å²) in [6.45, 7) is 1.81. The Balaban J connectivity index is 1.55. The summed E-state index contributed by atoms with van der Waals surface area (Å²) in [6, 6.07) is 0. The van der Waals surface area contributed by atoms with Gasteiger partial charge in [-0.05, 0) is 25.2 Å². The van der Waals surface area contributed by atoms with E-state index >= 15 is 0 Å². The average molecular weight is 268 g/mol. The first-order valence-electron chi connectivity index (χ1n) is 7.43. The van der Waals surface area contributed by atoms with Crippen molar-refractivity contribution in [2.75, 3.05) is 19.7 Å². The average Bonchev–Trinajstić information content (AvgIpc) is 3.08. The summed E-state index contributed by atoms with van der Waals surface area (Å²) in [5.41, 5.74) is 0. The van der Waals surface area contributed by atoms with E-state index in [1.807, 2.05) is 0 Å². The molecule has 19 heavy (non-hydrogen) atoms. The van der Waals surface area contributed by atoms with Crippen LogP contribution in [0.1, 0.15) is 44.9 Å². The normalized spacial score (nSPS) is 23.5. The van der Waals surface area contributed by atoms with Crippen molar-refractivity contribution < 1.29 is 14.3 Å². The molecule has 0 radical (unpaired) electrons. The number of carbonyl (C=O) groups is 2. The third-order valence-electron chi connectivity index (χ3n) is 4.03. The molecule has 0 unspecified atom stereocenters. The Bertz CT molecular complexity index is 308. The van der Waals surface area contributed by atoms with Crippen molar-refractivity contribution in [3.05, 3.63) is 0 Å². The zero-order chi connectivity index (χ0) is 13.5. The molecule has 1 saturated heterocycles. The van der Waals surface area contributed by atoms with E-state index < -0.39 is 11.8 Å². The lowest BCUT2D eigenvalue weighted by Crippen LogP contribution is -2.43. The van der Waals surface area contributed by atoms with E-state index in [-0.39, 0.29) is 6.10 Å². The zero-order valence-electron chi connectivity index (χ0n) is 11.5. The highest BCUT2D eigenvalue weighted by Crippen LogP contribution is 2.26. The smallest absolute Gasteiger partial charge is 0.309 e. The molecule has 1 aliphatic carbocycles. The Hall–Kier alpha value is -1.10. The molecule has 2 N–H and O–H groups in total. The van der Waals surface area contributed by atoms with E-state index in [2.05, 4.69) is 10.6 Å². The largest absolute Gasteiger partial charge is 0.376 e. The Morgan fingerprint density at radius 3 is 2.42 bits per heavy atom. The molecule has 108 valence electrons. The first kappa shape index (κ1) is 14.3. The molecule has 0 aromatic rings. The maximum absolute atomic E-state index is 11.6. The van der Waals surface area contributed by atoms with Gasteiger partial charge in [-0.25, -0.2) is 0 Å². The molecule has 5 nitrogen and oxygen atoms in total. The number of carbonyl (C=O) groups excluding carboxylic acids is 2. The highest BCUT2D eigenvalue weighted by atomic mass is 16.5. The first-order chi connectivity index (χ1) is 9.25. The second kappa shape index (κ2) is 7.48. The Kier molecular flexibility index (Phi) is 5.63. The van der Waals surface area contributed by atoms with Gasteiger partial charge in [0.15, 0.2) is 0 Å². The Morgan fingerprint density at radius 1 is 1.00 bits per heavy atom. The van der Waals surface area contributed by atoms with Crippen LogP contribution in [0.25, 0.3) is 0 Å². The minimum Gasteiger partial charge on any atom is -0.376 e. The fourth-order valence-corrected chi connectivity index (χ4v) is 2.86. The molecule has 1 atom stereocenters. The van der Waals surface area contributed by atoms with Gasteiger partial charge >= 0.3 is 11.8 Å². The van der Waals surface area contributed by atoms with E-state index in [0.717, 1.165) is 31.8 Å². The molecule has 2 aliphatic rings. The Morgan fingerprint density at radius 2 is 1.74 bits per heavy atom. The second-order valence-corrected chi connectivity index (χ2v) is 5.54. The van der Waals surface area contributed by atoms with Gasteiger partial charge in [-0.15, -0.1) is 0 Å². The van der Waals surface area contributed by atoms with Crippen molar-refractivity contribution in [3.63, 3.8) is 0 Å². The molecule has 2 fully saturated rings. The lowest BCUT2D eigenvalue weighted by molar-refractivity contribution is -0.139. The molecule has 0 aromatic heterocycles. The zero-order valence-corrected chi connectivity index (χ0v) is 11.5. The van der Waals surface area contributed by atoms with Crippen LogP contribution < -0.4 is 10.6 Å².